The largest absolute Gasteiger partial charge is 0.317 e. The Morgan fingerprint density at radius 1 is 2.00 bits per heavy atom. The molecule has 52 valence electrons. The second-order valence-corrected chi connectivity index (χ2v) is 2.03. The number of hydroxylamine groups is 1. The quantitative estimate of drug-likeness (QED) is 0.505. The number of rotatable bonds is 2. The summed E-state index contributed by atoms with van der Waals surface area (Å²) in [6, 6.07) is 0. The first-order valence-corrected chi connectivity index (χ1v) is 2.92. The Labute approximate surface area is 53.5 Å². The van der Waals surface area contributed by atoms with E-state index in [4.69, 9.17) is 4.84 Å². The topological polar surface area (TPSA) is 50.4 Å². The van der Waals surface area contributed by atoms with Gasteiger partial charge in [0.1, 0.15) is 6.10 Å². The molecular formula is C5H10N2O2. The fourth-order valence-electron chi connectivity index (χ4n) is 0.781. The van der Waals surface area contributed by atoms with Gasteiger partial charge in [-0.1, -0.05) is 0 Å². The van der Waals surface area contributed by atoms with Crippen molar-refractivity contribution in [2.24, 2.45) is 0 Å². The maximum absolute atomic E-state index is 10.5. The molecule has 0 aromatic heterocycles. The first kappa shape index (κ1) is 6.51. The minimum absolute atomic E-state index is 0.0162. The van der Waals surface area contributed by atoms with Crippen molar-refractivity contribution in [3.63, 3.8) is 0 Å². The summed E-state index contributed by atoms with van der Waals surface area (Å²) in [4.78, 5) is 15.3. The minimum Gasteiger partial charge on any atom is -0.317 e. The number of carbonyl (C=O) groups excluding carboxylic acids is 1. The summed E-state index contributed by atoms with van der Waals surface area (Å²) in [5.41, 5.74) is 2.28. The number of carbonyl (C=O) groups is 1. The average Bonchev–Trinajstić information content (AvgIpc) is 2.17. The molecule has 0 saturated carbocycles. The van der Waals surface area contributed by atoms with E-state index in [9.17, 15) is 4.79 Å². The summed E-state index contributed by atoms with van der Waals surface area (Å²) >= 11 is 0. The lowest BCUT2D eigenvalue weighted by Gasteiger charge is -2.02. The van der Waals surface area contributed by atoms with Crippen LogP contribution in [0.5, 0.6) is 0 Å². The molecule has 1 rings (SSSR count). The number of hydrogen-bond acceptors (Lipinski definition) is 3. The number of likely N-dealkylation sites (N-methyl/N-ethyl adjacent to an activating group) is 1. The highest BCUT2D eigenvalue weighted by Crippen LogP contribution is 2.01. The van der Waals surface area contributed by atoms with Gasteiger partial charge in [0.2, 0.25) is 5.91 Å². The maximum atomic E-state index is 10.5. The van der Waals surface area contributed by atoms with E-state index in [2.05, 4.69) is 10.8 Å². The molecule has 0 aromatic rings. The molecule has 4 nitrogen and oxygen atoms in total. The van der Waals surface area contributed by atoms with Gasteiger partial charge in [-0.2, -0.15) is 0 Å². The fourth-order valence-corrected chi connectivity index (χ4v) is 0.781. The summed E-state index contributed by atoms with van der Waals surface area (Å²) in [5.74, 6) is -0.0322. The predicted molar refractivity (Wildman–Crippen MR) is 31.6 cm³/mol. The SMILES string of the molecule is CNCC1CC(=O)NO1. The van der Waals surface area contributed by atoms with Crippen LogP contribution in [0.25, 0.3) is 0 Å². The Morgan fingerprint density at radius 3 is 3.22 bits per heavy atom. The molecule has 0 bridgehead atoms. The van der Waals surface area contributed by atoms with Crippen LogP contribution in [-0.4, -0.2) is 25.6 Å². The van der Waals surface area contributed by atoms with Crippen LogP contribution in [0.3, 0.4) is 0 Å². The molecule has 1 aliphatic heterocycles. The van der Waals surface area contributed by atoms with E-state index in [-0.39, 0.29) is 12.0 Å². The van der Waals surface area contributed by atoms with Crippen LogP contribution in [0.2, 0.25) is 0 Å². The Balaban J connectivity index is 2.22. The second-order valence-electron chi connectivity index (χ2n) is 2.03. The van der Waals surface area contributed by atoms with Gasteiger partial charge >= 0.3 is 0 Å². The summed E-state index contributed by atoms with van der Waals surface area (Å²) < 4.78 is 0. The molecule has 1 atom stereocenters. The van der Waals surface area contributed by atoms with Crippen molar-refractivity contribution in [1.29, 1.82) is 0 Å². The predicted octanol–water partition coefficient (Wildman–Crippen LogP) is -0.974. The first-order valence-electron chi connectivity index (χ1n) is 2.92. The summed E-state index contributed by atoms with van der Waals surface area (Å²) in [5, 5.41) is 2.91. The highest BCUT2D eigenvalue weighted by Gasteiger charge is 2.21. The highest BCUT2D eigenvalue weighted by molar-refractivity contribution is 5.76. The number of hydrogen-bond donors (Lipinski definition) is 2. The van der Waals surface area contributed by atoms with E-state index in [1.54, 1.807) is 0 Å². The van der Waals surface area contributed by atoms with Gasteiger partial charge in [0.15, 0.2) is 0 Å². The third-order valence-electron chi connectivity index (χ3n) is 1.18. The maximum Gasteiger partial charge on any atom is 0.246 e. The van der Waals surface area contributed by atoms with Gasteiger partial charge < -0.3 is 5.32 Å². The highest BCUT2D eigenvalue weighted by atomic mass is 16.7. The van der Waals surface area contributed by atoms with Crippen LogP contribution in [0.15, 0.2) is 0 Å². The zero-order valence-electron chi connectivity index (χ0n) is 5.31. The van der Waals surface area contributed by atoms with Crippen LogP contribution >= 0.6 is 0 Å². The van der Waals surface area contributed by atoms with Gasteiger partial charge in [0.05, 0.1) is 6.42 Å². The van der Waals surface area contributed by atoms with Crippen molar-refractivity contribution in [1.82, 2.24) is 10.8 Å². The van der Waals surface area contributed by atoms with E-state index in [1.165, 1.54) is 0 Å². The van der Waals surface area contributed by atoms with E-state index in [0.717, 1.165) is 6.54 Å². The molecular weight excluding hydrogens is 120 g/mol. The lowest BCUT2D eigenvalue weighted by Crippen LogP contribution is -2.23. The molecule has 0 radical (unpaired) electrons. The van der Waals surface area contributed by atoms with E-state index < -0.39 is 0 Å². The zero-order valence-corrected chi connectivity index (χ0v) is 5.31. The van der Waals surface area contributed by atoms with Crippen LogP contribution in [0.4, 0.5) is 0 Å². The molecule has 9 heavy (non-hydrogen) atoms. The second kappa shape index (κ2) is 2.80. The normalized spacial score (nSPS) is 26.3. The van der Waals surface area contributed by atoms with Crippen molar-refractivity contribution in [2.45, 2.75) is 12.5 Å². The Morgan fingerprint density at radius 2 is 2.78 bits per heavy atom. The van der Waals surface area contributed by atoms with E-state index in [1.807, 2.05) is 7.05 Å². The molecule has 1 unspecified atom stereocenters. The summed E-state index contributed by atoms with van der Waals surface area (Å²) in [6.07, 6.45) is 0.489. The van der Waals surface area contributed by atoms with Gasteiger partial charge in [-0.3, -0.25) is 9.63 Å². The lowest BCUT2D eigenvalue weighted by atomic mass is 10.2. The Hall–Kier alpha value is -0.610. The van der Waals surface area contributed by atoms with Crippen LogP contribution in [-0.2, 0) is 9.63 Å². The van der Waals surface area contributed by atoms with Crippen LogP contribution < -0.4 is 10.8 Å². The average molecular weight is 130 g/mol. The molecule has 0 spiro atoms. The van der Waals surface area contributed by atoms with Crippen LogP contribution in [0.1, 0.15) is 6.42 Å². The number of nitrogens with one attached hydrogen (secondary N) is 2. The van der Waals surface area contributed by atoms with Gasteiger partial charge in [-0.25, -0.2) is 5.48 Å². The fraction of sp³-hybridized carbons (Fsp3) is 0.800. The number of amides is 1. The molecule has 0 aliphatic carbocycles. The van der Waals surface area contributed by atoms with Gasteiger partial charge in [0, 0.05) is 6.54 Å². The third kappa shape index (κ3) is 1.65. The van der Waals surface area contributed by atoms with E-state index >= 15 is 0 Å². The van der Waals surface area contributed by atoms with Crippen molar-refractivity contribution in [2.75, 3.05) is 13.6 Å². The molecule has 1 amide bonds. The van der Waals surface area contributed by atoms with Gasteiger partial charge in [-0.15, -0.1) is 0 Å². The first-order chi connectivity index (χ1) is 4.33. The summed E-state index contributed by atoms with van der Waals surface area (Å²) in [7, 11) is 1.83. The van der Waals surface area contributed by atoms with Gasteiger partial charge in [0.25, 0.3) is 0 Å². The lowest BCUT2D eigenvalue weighted by molar-refractivity contribution is -0.124. The Bertz CT molecular complexity index is 116. The van der Waals surface area contributed by atoms with Crippen molar-refractivity contribution >= 4 is 5.91 Å². The zero-order chi connectivity index (χ0) is 6.69. The van der Waals surface area contributed by atoms with Gasteiger partial charge in [-0.05, 0) is 7.05 Å². The van der Waals surface area contributed by atoms with E-state index in [0.29, 0.717) is 6.42 Å². The van der Waals surface area contributed by atoms with Crippen molar-refractivity contribution < 1.29 is 9.63 Å². The standard InChI is InChI=1S/C5H10N2O2/c1-6-3-4-2-5(8)7-9-4/h4,6H,2-3H2,1H3,(H,7,8). The monoisotopic (exact) mass is 130 g/mol. The molecule has 0 aromatic carbocycles. The molecule has 1 aliphatic rings. The minimum atomic E-state index is -0.0322. The van der Waals surface area contributed by atoms with Crippen LogP contribution in [0, 0.1) is 0 Å². The smallest absolute Gasteiger partial charge is 0.246 e. The molecule has 4 heteroatoms. The van der Waals surface area contributed by atoms with Crippen molar-refractivity contribution in [3.05, 3.63) is 0 Å². The molecule has 1 heterocycles. The third-order valence-corrected chi connectivity index (χ3v) is 1.18. The summed E-state index contributed by atoms with van der Waals surface area (Å²) in [6.45, 7) is 0.721. The molecule has 2 N–H and O–H groups in total. The Kier molecular flexibility index (Phi) is 2.02. The molecule has 1 fully saturated rings. The molecule has 1 saturated heterocycles. The van der Waals surface area contributed by atoms with Crippen molar-refractivity contribution in [3.8, 4) is 0 Å².